The van der Waals surface area contributed by atoms with E-state index in [0.717, 1.165) is 18.8 Å². The van der Waals surface area contributed by atoms with Gasteiger partial charge in [0.05, 0.1) is 12.0 Å². The second-order valence-electron chi connectivity index (χ2n) is 10.0. The molecule has 0 N–H and O–H groups in total. The normalized spacial score (nSPS) is 54.7. The van der Waals surface area contributed by atoms with Crippen LogP contribution in [0.5, 0.6) is 0 Å². The third-order valence-electron chi connectivity index (χ3n) is 8.14. The monoisotopic (exact) mass is 320 g/mol. The number of esters is 1. The van der Waals surface area contributed by atoms with Gasteiger partial charge in [0.25, 0.3) is 0 Å². The van der Waals surface area contributed by atoms with Gasteiger partial charge >= 0.3 is 5.97 Å². The number of hydrogen-bond donors (Lipinski definition) is 0. The van der Waals surface area contributed by atoms with E-state index in [4.69, 9.17) is 9.47 Å². The summed E-state index contributed by atoms with van der Waals surface area (Å²) >= 11 is 0. The molecule has 4 rings (SSSR count). The minimum Gasteiger partial charge on any atom is -0.433 e. The van der Waals surface area contributed by atoms with Crippen LogP contribution in [0.25, 0.3) is 0 Å². The number of carbonyl (C=O) groups excluding carboxylic acids is 1. The Balaban J connectivity index is 1.72. The third-order valence-corrected chi connectivity index (χ3v) is 8.14. The molecule has 3 heteroatoms. The Hall–Kier alpha value is -0.570. The second kappa shape index (κ2) is 4.53. The van der Waals surface area contributed by atoms with Crippen LogP contribution in [0.4, 0.5) is 0 Å². The first-order valence-corrected chi connectivity index (χ1v) is 9.53. The molecule has 2 aliphatic carbocycles. The molecule has 3 nitrogen and oxygen atoms in total. The molecule has 0 bridgehead atoms. The van der Waals surface area contributed by atoms with Gasteiger partial charge in [-0.25, -0.2) is 0 Å². The number of hydrogen-bond acceptors (Lipinski definition) is 3. The van der Waals surface area contributed by atoms with Crippen molar-refractivity contribution >= 4 is 5.97 Å². The summed E-state index contributed by atoms with van der Waals surface area (Å²) in [7, 11) is 0. The van der Waals surface area contributed by atoms with E-state index in [1.807, 2.05) is 0 Å². The van der Waals surface area contributed by atoms with Crippen LogP contribution in [-0.2, 0) is 14.3 Å². The molecule has 23 heavy (non-hydrogen) atoms. The van der Waals surface area contributed by atoms with Crippen molar-refractivity contribution in [2.45, 2.75) is 91.0 Å². The Bertz CT molecular complexity index is 541. The molecule has 0 unspecified atom stereocenters. The molecule has 2 heterocycles. The summed E-state index contributed by atoms with van der Waals surface area (Å²) in [4.78, 5) is 11.9. The average Bonchev–Trinajstić information content (AvgIpc) is 2.86. The van der Waals surface area contributed by atoms with E-state index < -0.39 is 5.79 Å². The number of ether oxygens (including phenoxy) is 2. The minimum atomic E-state index is -0.643. The van der Waals surface area contributed by atoms with E-state index in [1.54, 1.807) is 0 Å². The van der Waals surface area contributed by atoms with E-state index in [9.17, 15) is 4.79 Å². The van der Waals surface area contributed by atoms with Gasteiger partial charge in [0, 0.05) is 12.3 Å². The smallest absolute Gasteiger partial charge is 0.308 e. The van der Waals surface area contributed by atoms with E-state index in [0.29, 0.717) is 23.2 Å². The van der Waals surface area contributed by atoms with Crippen molar-refractivity contribution in [3.05, 3.63) is 0 Å². The maximum Gasteiger partial charge on any atom is 0.308 e. The van der Waals surface area contributed by atoms with Gasteiger partial charge in [0.2, 0.25) is 5.79 Å². The molecular weight excluding hydrogens is 288 g/mol. The predicted octanol–water partition coefficient (Wildman–Crippen LogP) is 4.69. The quantitative estimate of drug-likeness (QED) is 0.608. The maximum absolute atomic E-state index is 11.9. The first kappa shape index (κ1) is 15.9. The highest BCUT2D eigenvalue weighted by molar-refractivity contribution is 5.72. The highest BCUT2D eigenvalue weighted by Gasteiger charge is 2.68. The van der Waals surface area contributed by atoms with Crippen LogP contribution >= 0.6 is 0 Å². The number of rotatable bonds is 0. The van der Waals surface area contributed by atoms with E-state index in [1.165, 1.54) is 25.7 Å². The Labute approximate surface area is 140 Å². The molecule has 2 aliphatic heterocycles. The molecule has 130 valence electrons. The summed E-state index contributed by atoms with van der Waals surface area (Å²) in [5.41, 5.74) is 0.604. The average molecular weight is 320 g/mol. The summed E-state index contributed by atoms with van der Waals surface area (Å²) in [6, 6.07) is 0. The molecule has 1 spiro atoms. The topological polar surface area (TPSA) is 35.5 Å². The molecule has 0 aromatic rings. The molecule has 4 aliphatic rings. The zero-order chi connectivity index (χ0) is 16.7. The highest BCUT2D eigenvalue weighted by Crippen LogP contribution is 2.68. The molecule has 4 fully saturated rings. The van der Waals surface area contributed by atoms with Crippen LogP contribution in [0.2, 0.25) is 0 Å². The lowest BCUT2D eigenvalue weighted by Crippen LogP contribution is -2.55. The molecule has 0 aromatic carbocycles. The molecule has 2 saturated heterocycles. The predicted molar refractivity (Wildman–Crippen MR) is 88.7 cm³/mol. The standard InChI is InChI=1S/C20H32O3/c1-13-11-16(21)22-20(13)12-15-18(4)9-6-8-17(2,3)14(18)7-10-19(15,5)23-20/h13-15H,6-12H2,1-5H3/t13-,14+,15-,18+,19-,20-/m1/s1. The van der Waals surface area contributed by atoms with Crippen molar-refractivity contribution in [3.8, 4) is 0 Å². The van der Waals surface area contributed by atoms with Gasteiger partial charge in [-0.3, -0.25) is 4.79 Å². The summed E-state index contributed by atoms with van der Waals surface area (Å²) < 4.78 is 12.4. The van der Waals surface area contributed by atoms with Crippen LogP contribution in [0.3, 0.4) is 0 Å². The lowest BCUT2D eigenvalue weighted by molar-refractivity contribution is -0.248. The van der Waals surface area contributed by atoms with Crippen molar-refractivity contribution in [2.75, 3.05) is 0 Å². The Morgan fingerprint density at radius 3 is 2.43 bits per heavy atom. The minimum absolute atomic E-state index is 0.0783. The summed E-state index contributed by atoms with van der Waals surface area (Å²) in [5, 5.41) is 0. The van der Waals surface area contributed by atoms with Crippen molar-refractivity contribution in [1.82, 2.24) is 0 Å². The highest BCUT2D eigenvalue weighted by atomic mass is 16.7. The SMILES string of the molecule is C[C@@H]1CC(=O)O[C@@]12C[C@@H]1[C@@]3(C)CCCC(C)(C)[C@@H]3CC[C@@]1(C)O2. The van der Waals surface area contributed by atoms with Crippen LogP contribution in [-0.4, -0.2) is 17.4 Å². The van der Waals surface area contributed by atoms with Crippen molar-refractivity contribution in [1.29, 1.82) is 0 Å². The molecule has 0 aromatic heterocycles. The van der Waals surface area contributed by atoms with Gasteiger partial charge in [0.15, 0.2) is 0 Å². The van der Waals surface area contributed by atoms with Gasteiger partial charge in [-0.05, 0) is 55.3 Å². The molecule has 0 radical (unpaired) electrons. The van der Waals surface area contributed by atoms with Crippen molar-refractivity contribution in [2.24, 2.45) is 28.6 Å². The fourth-order valence-electron chi connectivity index (χ4n) is 7.00. The third kappa shape index (κ3) is 2.01. The van der Waals surface area contributed by atoms with Crippen LogP contribution in [0, 0.1) is 28.6 Å². The summed E-state index contributed by atoms with van der Waals surface area (Å²) in [6.45, 7) is 11.8. The molecule has 2 saturated carbocycles. The lowest BCUT2D eigenvalue weighted by Gasteiger charge is -2.60. The number of carbonyl (C=O) groups is 1. The molecule has 0 amide bonds. The number of fused-ring (bicyclic) bond motifs is 3. The van der Waals surface area contributed by atoms with Gasteiger partial charge < -0.3 is 9.47 Å². The fraction of sp³-hybridized carbons (Fsp3) is 0.950. The summed E-state index contributed by atoms with van der Waals surface area (Å²) in [5.74, 6) is 0.715. The largest absolute Gasteiger partial charge is 0.433 e. The second-order valence-corrected chi connectivity index (χ2v) is 10.0. The zero-order valence-electron chi connectivity index (χ0n) is 15.4. The van der Waals surface area contributed by atoms with Crippen LogP contribution in [0.1, 0.15) is 79.6 Å². The van der Waals surface area contributed by atoms with Gasteiger partial charge in [-0.15, -0.1) is 0 Å². The maximum atomic E-state index is 11.9. The van der Waals surface area contributed by atoms with Crippen LogP contribution < -0.4 is 0 Å². The summed E-state index contributed by atoms with van der Waals surface area (Å²) in [6.07, 6.45) is 7.71. The van der Waals surface area contributed by atoms with Crippen molar-refractivity contribution < 1.29 is 14.3 Å². The first-order chi connectivity index (χ1) is 10.6. The Morgan fingerprint density at radius 2 is 1.78 bits per heavy atom. The van der Waals surface area contributed by atoms with Gasteiger partial charge in [-0.1, -0.05) is 34.1 Å². The Kier molecular flexibility index (Phi) is 3.14. The lowest BCUT2D eigenvalue weighted by atomic mass is 9.45. The van der Waals surface area contributed by atoms with Crippen LogP contribution in [0.15, 0.2) is 0 Å². The molecule has 6 atom stereocenters. The van der Waals surface area contributed by atoms with E-state index in [2.05, 4.69) is 34.6 Å². The van der Waals surface area contributed by atoms with E-state index in [-0.39, 0.29) is 17.5 Å². The zero-order valence-corrected chi connectivity index (χ0v) is 15.4. The van der Waals surface area contributed by atoms with Crippen molar-refractivity contribution in [3.63, 3.8) is 0 Å². The van der Waals surface area contributed by atoms with Gasteiger partial charge in [0.1, 0.15) is 0 Å². The Morgan fingerprint density at radius 1 is 1.04 bits per heavy atom. The van der Waals surface area contributed by atoms with E-state index >= 15 is 0 Å². The fourth-order valence-corrected chi connectivity index (χ4v) is 7.00. The van der Waals surface area contributed by atoms with Gasteiger partial charge in [-0.2, -0.15) is 0 Å². The molecular formula is C20H32O3. The first-order valence-electron chi connectivity index (χ1n) is 9.53.